The molecular formula is C18H19ClN2. The van der Waals surface area contributed by atoms with Gasteiger partial charge in [-0.2, -0.15) is 0 Å². The van der Waals surface area contributed by atoms with E-state index in [1.54, 1.807) is 5.31 Å². The van der Waals surface area contributed by atoms with Crippen LogP contribution in [0.5, 0.6) is 0 Å². The van der Waals surface area contributed by atoms with Crippen LogP contribution in [-0.4, -0.2) is 31.1 Å². The average molecular weight is 300 g/mol. The molecule has 0 radical (unpaired) electrons. The number of nitrogens with one attached hydrogen (secondary N) is 1. The van der Waals surface area contributed by atoms with Crippen molar-refractivity contribution in [2.24, 2.45) is 5.41 Å². The minimum atomic E-state index is 0.414. The number of hydrogen-bond acceptors (Lipinski definition) is 2. The van der Waals surface area contributed by atoms with Gasteiger partial charge in [-0.25, -0.2) is 0 Å². The number of hydrogen-bond donors (Lipinski definition) is 1. The summed E-state index contributed by atoms with van der Waals surface area (Å²) in [5.41, 5.74) is 4.28. The van der Waals surface area contributed by atoms with Gasteiger partial charge in [-0.1, -0.05) is 48.0 Å². The Balaban J connectivity index is 1.50. The monoisotopic (exact) mass is 299 g/mol. The Morgan fingerprint density at radius 2 is 1.81 bits per heavy atom. The zero-order chi connectivity index (χ0) is 15.2. The van der Waals surface area contributed by atoms with Gasteiger partial charge >= 0.3 is 0 Å². The van der Waals surface area contributed by atoms with Gasteiger partial charge in [-0.15, -0.1) is 0 Å². The second-order valence-corrected chi connectivity index (χ2v) is 6.79. The van der Waals surface area contributed by atoms with E-state index in [0.29, 0.717) is 5.41 Å². The second-order valence-electron chi connectivity index (χ2n) is 6.35. The Morgan fingerprint density at radius 3 is 2.52 bits per heavy atom. The van der Waals surface area contributed by atoms with Gasteiger partial charge in [-0.05, 0) is 28.8 Å². The van der Waals surface area contributed by atoms with E-state index in [1.165, 1.54) is 16.7 Å². The molecule has 2 saturated heterocycles. The van der Waals surface area contributed by atoms with Gasteiger partial charge in [0.25, 0.3) is 0 Å². The van der Waals surface area contributed by atoms with Crippen molar-refractivity contribution in [1.82, 2.24) is 10.2 Å². The van der Waals surface area contributed by atoms with Gasteiger partial charge in [0.1, 0.15) is 1.41 Å². The van der Waals surface area contributed by atoms with Crippen molar-refractivity contribution < 1.29 is 1.41 Å². The quantitative estimate of drug-likeness (QED) is 0.934. The largest absolute Gasteiger partial charge is 0.315 e. The number of nitrogens with zero attached hydrogens (tertiary/aromatic N) is 1. The van der Waals surface area contributed by atoms with Crippen LogP contribution in [0, 0.1) is 5.41 Å². The first-order chi connectivity index (χ1) is 10.6. The van der Waals surface area contributed by atoms with Crippen LogP contribution in [0.2, 0.25) is 6.43 Å². The fourth-order valence-corrected chi connectivity index (χ4v) is 3.58. The Kier molecular flexibility index (Phi) is 2.99. The topological polar surface area (TPSA) is 15.3 Å². The lowest BCUT2D eigenvalue weighted by molar-refractivity contribution is -0.0443. The summed E-state index contributed by atoms with van der Waals surface area (Å²) in [4.78, 5) is 2.49. The summed E-state index contributed by atoms with van der Waals surface area (Å²) < 4.78 is 7.56. The first kappa shape index (κ1) is 12.2. The number of rotatable bonds is 3. The molecule has 4 rings (SSSR count). The van der Waals surface area contributed by atoms with Gasteiger partial charge in [0.05, 0.1) is 0 Å². The van der Waals surface area contributed by atoms with E-state index in [2.05, 4.69) is 41.3 Å². The van der Waals surface area contributed by atoms with Gasteiger partial charge in [0.15, 0.2) is 0 Å². The molecule has 0 atom stereocenters. The Bertz CT molecular complexity index is 672. The van der Waals surface area contributed by atoms with Crippen LogP contribution in [0.25, 0.3) is 11.1 Å². The predicted octanol–water partition coefficient (Wildman–Crippen LogP) is 3.41. The van der Waals surface area contributed by atoms with E-state index >= 15 is 0 Å². The van der Waals surface area contributed by atoms with Crippen LogP contribution in [0.4, 0.5) is 0 Å². The van der Waals surface area contributed by atoms with Crippen molar-refractivity contribution in [2.75, 3.05) is 26.2 Å². The minimum Gasteiger partial charge on any atom is -0.315 e. The van der Waals surface area contributed by atoms with Gasteiger partial charge in [0.2, 0.25) is 0 Å². The lowest BCUT2D eigenvalue weighted by atomic mass is 9.74. The van der Waals surface area contributed by atoms with E-state index in [4.69, 9.17) is 13.0 Å². The molecular weight excluding hydrogens is 280 g/mol. The summed E-state index contributed by atoms with van der Waals surface area (Å²) >= 11 is 5.99. The van der Waals surface area contributed by atoms with E-state index in [1.807, 2.05) is 12.1 Å². The Hall–Kier alpha value is -1.35. The van der Waals surface area contributed by atoms with Gasteiger partial charge < -0.3 is 5.31 Å². The summed E-state index contributed by atoms with van der Waals surface area (Å²) in [6, 6.07) is 16.7. The summed E-state index contributed by atoms with van der Waals surface area (Å²) in [5, 5.41) is 2.44. The van der Waals surface area contributed by atoms with Crippen LogP contribution < -0.4 is 5.31 Å². The van der Waals surface area contributed by atoms with E-state index in [-0.39, 0.29) is 0 Å². The molecule has 108 valence electrons. The molecule has 2 aromatic rings. The molecule has 1 N–H and O–H groups in total. The standard InChI is InChI=1S/C18H19ClN2/c19-16-7-5-14(6-8-16)17-4-2-1-3-15(17)9-21-12-18(13-21)10-20-11-18/h1-8,20H,9-13H2/i/hD. The van der Waals surface area contributed by atoms with Crippen molar-refractivity contribution >= 4 is 11.6 Å². The Labute approximate surface area is 132 Å². The molecule has 21 heavy (non-hydrogen) atoms. The summed E-state index contributed by atoms with van der Waals surface area (Å²) in [7, 11) is 0. The third kappa shape index (κ3) is 2.48. The van der Waals surface area contributed by atoms with Crippen molar-refractivity contribution in [3.05, 3.63) is 59.1 Å². The summed E-state index contributed by atoms with van der Waals surface area (Å²) in [5.74, 6) is 0. The van der Waals surface area contributed by atoms with Crippen LogP contribution in [0.15, 0.2) is 48.5 Å². The molecule has 2 aliphatic heterocycles. The Morgan fingerprint density at radius 1 is 1.10 bits per heavy atom. The van der Waals surface area contributed by atoms with E-state index in [9.17, 15) is 0 Å². The maximum absolute atomic E-state index is 7.56. The molecule has 2 aliphatic rings. The molecule has 2 fully saturated rings. The summed E-state index contributed by atoms with van der Waals surface area (Å²) in [6.45, 7) is 5.10. The number of likely N-dealkylation sites (tertiary alicyclic amines) is 1. The molecule has 2 heterocycles. The zero-order valence-electron chi connectivity index (χ0n) is 12.9. The van der Waals surface area contributed by atoms with Crippen LogP contribution in [-0.2, 0) is 6.54 Å². The molecule has 3 heteroatoms. The minimum absolute atomic E-state index is 0.414. The molecule has 0 saturated carbocycles. The van der Waals surface area contributed by atoms with Crippen LogP contribution in [0.3, 0.4) is 0 Å². The molecule has 0 aliphatic carbocycles. The molecule has 2 nitrogen and oxygen atoms in total. The van der Waals surface area contributed by atoms with Gasteiger partial charge in [0, 0.05) is 43.2 Å². The lowest BCUT2D eigenvalue weighted by Gasteiger charge is -2.56. The van der Waals surface area contributed by atoms with Crippen molar-refractivity contribution in [1.29, 1.82) is 0 Å². The highest BCUT2D eigenvalue weighted by molar-refractivity contribution is 6.30. The van der Waals surface area contributed by atoms with Gasteiger partial charge in [-0.3, -0.25) is 4.90 Å². The molecule has 2 aromatic carbocycles. The molecule has 0 bridgehead atoms. The highest BCUT2D eigenvalue weighted by atomic mass is 35.5. The number of halogens is 1. The fraction of sp³-hybridized carbons (Fsp3) is 0.333. The molecule has 0 aromatic heterocycles. The van der Waals surface area contributed by atoms with Crippen molar-refractivity contribution in [3.8, 4) is 11.1 Å². The fourth-order valence-electron chi connectivity index (χ4n) is 3.45. The highest BCUT2D eigenvalue weighted by Gasteiger charge is 2.47. The zero-order valence-corrected chi connectivity index (χ0v) is 12.7. The maximum atomic E-state index is 7.56. The first-order valence-electron chi connectivity index (χ1n) is 7.88. The average Bonchev–Trinajstić information content (AvgIpc) is 2.45. The predicted molar refractivity (Wildman–Crippen MR) is 87.5 cm³/mol. The van der Waals surface area contributed by atoms with E-state index < -0.39 is 0 Å². The van der Waals surface area contributed by atoms with E-state index in [0.717, 1.165) is 37.7 Å². The SMILES string of the molecule is [2H]N1CC2(C1)CN(Cc1ccccc1-c1ccc(Cl)cc1)C2. The molecule has 0 amide bonds. The molecule has 0 unspecified atom stereocenters. The first-order valence-corrected chi connectivity index (χ1v) is 7.81. The third-order valence-corrected chi connectivity index (χ3v) is 4.83. The number of benzene rings is 2. The summed E-state index contributed by atoms with van der Waals surface area (Å²) in [6.07, 6.45) is 0. The normalized spacial score (nSPS) is 21.7. The smallest absolute Gasteiger partial charge is 0.122 e. The highest BCUT2D eigenvalue weighted by Crippen LogP contribution is 2.36. The molecule has 1 spiro atoms. The lowest BCUT2D eigenvalue weighted by Crippen LogP contribution is -2.70. The van der Waals surface area contributed by atoms with Crippen molar-refractivity contribution in [2.45, 2.75) is 6.54 Å². The maximum Gasteiger partial charge on any atom is 0.122 e. The van der Waals surface area contributed by atoms with Crippen LogP contribution in [0.1, 0.15) is 5.56 Å². The second kappa shape index (κ2) is 5.13. The van der Waals surface area contributed by atoms with Crippen LogP contribution >= 0.6 is 11.6 Å². The third-order valence-electron chi connectivity index (χ3n) is 4.58. The van der Waals surface area contributed by atoms with Crippen molar-refractivity contribution in [3.63, 3.8) is 0 Å².